The first-order valence-electron chi connectivity index (χ1n) is 6.43. The van der Waals surface area contributed by atoms with E-state index >= 15 is 0 Å². The van der Waals surface area contributed by atoms with Crippen molar-refractivity contribution in [2.75, 3.05) is 13.6 Å². The predicted octanol–water partition coefficient (Wildman–Crippen LogP) is -0.349. The second-order valence-corrected chi connectivity index (χ2v) is 5.03. The lowest BCUT2D eigenvalue weighted by atomic mass is 9.95. The molecule has 104 valence electrons. The third-order valence-electron chi connectivity index (χ3n) is 3.35. The number of piperidine rings is 1. The molecule has 1 aliphatic heterocycles. The lowest BCUT2D eigenvalue weighted by molar-refractivity contribution is -0.139. The Morgan fingerprint density at radius 1 is 1.63 bits per heavy atom. The van der Waals surface area contributed by atoms with Crippen LogP contribution in [0.5, 0.6) is 0 Å². The smallest absolute Gasteiger partial charge is 0.223 e. The molecule has 0 saturated carbocycles. The van der Waals surface area contributed by atoms with Gasteiger partial charge < -0.3 is 10.2 Å². The molecule has 19 heavy (non-hydrogen) atoms. The Labute approximate surface area is 112 Å². The Morgan fingerprint density at radius 2 is 2.42 bits per heavy atom. The van der Waals surface area contributed by atoms with Gasteiger partial charge in [0.15, 0.2) is 0 Å². The van der Waals surface area contributed by atoms with Crippen LogP contribution in [0.1, 0.15) is 19.8 Å². The summed E-state index contributed by atoms with van der Waals surface area (Å²) in [5.41, 5.74) is 0. The summed E-state index contributed by atoms with van der Waals surface area (Å²) < 4.78 is 1.67. The maximum absolute atomic E-state index is 12.1. The van der Waals surface area contributed by atoms with Crippen LogP contribution in [0.25, 0.3) is 0 Å². The average molecular weight is 265 g/mol. The molecule has 7 nitrogen and oxygen atoms in total. The van der Waals surface area contributed by atoms with Gasteiger partial charge in [-0.25, -0.2) is 4.98 Å². The molecule has 1 saturated heterocycles. The van der Waals surface area contributed by atoms with Gasteiger partial charge >= 0.3 is 0 Å². The summed E-state index contributed by atoms with van der Waals surface area (Å²) in [4.78, 5) is 29.2. The zero-order chi connectivity index (χ0) is 13.8. The number of aromatic nitrogens is 3. The van der Waals surface area contributed by atoms with Gasteiger partial charge in [-0.2, -0.15) is 5.10 Å². The molecule has 1 aliphatic rings. The van der Waals surface area contributed by atoms with E-state index in [1.165, 1.54) is 6.33 Å². The maximum atomic E-state index is 12.1. The molecule has 0 aromatic carbocycles. The number of carbonyl (C=O) groups is 2. The third-order valence-corrected chi connectivity index (χ3v) is 3.35. The fourth-order valence-corrected chi connectivity index (χ4v) is 2.18. The van der Waals surface area contributed by atoms with Gasteiger partial charge in [0.25, 0.3) is 0 Å². The predicted molar refractivity (Wildman–Crippen MR) is 68.0 cm³/mol. The van der Waals surface area contributed by atoms with E-state index in [1.54, 1.807) is 23.0 Å². The second kappa shape index (κ2) is 5.81. The summed E-state index contributed by atoms with van der Waals surface area (Å²) in [6, 6.07) is -0.0380. The van der Waals surface area contributed by atoms with Crippen molar-refractivity contribution in [1.82, 2.24) is 25.0 Å². The van der Waals surface area contributed by atoms with Crippen molar-refractivity contribution in [3.63, 3.8) is 0 Å². The van der Waals surface area contributed by atoms with Crippen molar-refractivity contribution in [1.29, 1.82) is 0 Å². The molecule has 0 unspecified atom stereocenters. The van der Waals surface area contributed by atoms with Gasteiger partial charge in [0.05, 0.1) is 6.54 Å². The fraction of sp³-hybridized carbons (Fsp3) is 0.667. The first kappa shape index (κ1) is 13.5. The number of carbonyl (C=O) groups excluding carboxylic acids is 2. The van der Waals surface area contributed by atoms with Crippen molar-refractivity contribution in [2.24, 2.45) is 5.92 Å². The highest BCUT2D eigenvalue weighted by atomic mass is 16.2. The van der Waals surface area contributed by atoms with Crippen LogP contribution in [0.2, 0.25) is 0 Å². The van der Waals surface area contributed by atoms with Gasteiger partial charge in [-0.15, -0.1) is 0 Å². The molecule has 2 amide bonds. The Balaban J connectivity index is 1.82. The lowest BCUT2D eigenvalue weighted by Crippen LogP contribution is -2.45. The molecule has 1 N–H and O–H groups in total. The minimum Gasteiger partial charge on any atom is -0.352 e. The number of nitrogens with one attached hydrogen (secondary N) is 1. The molecular formula is C12H19N5O2. The summed E-state index contributed by atoms with van der Waals surface area (Å²) in [7, 11) is 1.77. The van der Waals surface area contributed by atoms with Crippen LogP contribution in [0.4, 0.5) is 0 Å². The van der Waals surface area contributed by atoms with Crippen LogP contribution < -0.4 is 5.32 Å². The summed E-state index contributed by atoms with van der Waals surface area (Å²) in [6.45, 7) is 3.14. The summed E-state index contributed by atoms with van der Waals surface area (Å²) >= 11 is 0. The molecule has 2 atom stereocenters. The summed E-state index contributed by atoms with van der Waals surface area (Å²) in [6.07, 6.45) is 4.11. The van der Waals surface area contributed by atoms with Crippen molar-refractivity contribution < 1.29 is 9.59 Å². The molecule has 7 heteroatoms. The van der Waals surface area contributed by atoms with Crippen LogP contribution in [0.15, 0.2) is 12.7 Å². The van der Waals surface area contributed by atoms with Crippen LogP contribution in [0.3, 0.4) is 0 Å². The maximum Gasteiger partial charge on any atom is 0.223 e. The number of hydrogen-bond donors (Lipinski definition) is 1. The summed E-state index contributed by atoms with van der Waals surface area (Å²) in [5, 5.41) is 6.92. The molecule has 0 aliphatic carbocycles. The van der Waals surface area contributed by atoms with Crippen LogP contribution >= 0.6 is 0 Å². The molecule has 1 aromatic rings. The van der Waals surface area contributed by atoms with Gasteiger partial charge in [-0.1, -0.05) is 0 Å². The van der Waals surface area contributed by atoms with Crippen LogP contribution in [0, 0.1) is 5.92 Å². The molecule has 2 heterocycles. The monoisotopic (exact) mass is 265 g/mol. The van der Waals surface area contributed by atoms with Crippen molar-refractivity contribution >= 4 is 11.8 Å². The molecule has 1 aromatic heterocycles. The zero-order valence-corrected chi connectivity index (χ0v) is 11.2. The normalized spacial score (nSPS) is 21.3. The van der Waals surface area contributed by atoms with E-state index in [2.05, 4.69) is 15.4 Å². The highest BCUT2D eigenvalue weighted by Crippen LogP contribution is 2.17. The highest BCUT2D eigenvalue weighted by Gasteiger charge is 2.29. The minimum absolute atomic E-state index is 0.0373. The van der Waals surface area contributed by atoms with Gasteiger partial charge in [-0.05, 0) is 13.3 Å². The quantitative estimate of drug-likeness (QED) is 0.807. The number of amides is 2. The van der Waals surface area contributed by atoms with Crippen molar-refractivity contribution in [2.45, 2.75) is 32.4 Å². The van der Waals surface area contributed by atoms with E-state index in [0.29, 0.717) is 19.5 Å². The van der Waals surface area contributed by atoms with Gasteiger partial charge in [0, 0.05) is 32.0 Å². The lowest BCUT2D eigenvalue weighted by Gasteiger charge is -2.28. The zero-order valence-electron chi connectivity index (χ0n) is 11.2. The van der Waals surface area contributed by atoms with Crippen LogP contribution in [-0.2, 0) is 16.1 Å². The largest absolute Gasteiger partial charge is 0.352 e. The third kappa shape index (κ3) is 3.52. The van der Waals surface area contributed by atoms with Gasteiger partial charge in [0.1, 0.15) is 12.7 Å². The van der Waals surface area contributed by atoms with Crippen LogP contribution in [-0.4, -0.2) is 51.1 Å². The van der Waals surface area contributed by atoms with E-state index < -0.39 is 0 Å². The number of nitrogens with zero attached hydrogens (tertiary/aromatic N) is 4. The highest BCUT2D eigenvalue weighted by molar-refractivity contribution is 5.86. The Bertz CT molecular complexity index is 445. The molecule has 2 rings (SSSR count). The second-order valence-electron chi connectivity index (χ2n) is 5.03. The van der Waals surface area contributed by atoms with E-state index in [0.717, 1.165) is 6.42 Å². The van der Waals surface area contributed by atoms with Gasteiger partial charge in [0.2, 0.25) is 11.8 Å². The molecule has 0 radical (unpaired) electrons. The SMILES string of the molecule is C[C@H](Cn1cncn1)NC(=O)[C@@H]1CCN(C)C(=O)C1. The topological polar surface area (TPSA) is 80.1 Å². The van der Waals surface area contributed by atoms with E-state index in [-0.39, 0.29) is 23.8 Å². The molecular weight excluding hydrogens is 246 g/mol. The van der Waals surface area contributed by atoms with E-state index in [1.807, 2.05) is 6.92 Å². The first-order chi connectivity index (χ1) is 9.06. The van der Waals surface area contributed by atoms with Crippen molar-refractivity contribution in [3.05, 3.63) is 12.7 Å². The van der Waals surface area contributed by atoms with E-state index in [4.69, 9.17) is 0 Å². The Kier molecular flexibility index (Phi) is 4.13. The standard InChI is InChI=1S/C12H19N5O2/c1-9(6-17-8-13-7-14-17)15-12(19)10-3-4-16(2)11(18)5-10/h7-10H,3-6H2,1-2H3,(H,15,19)/t9-,10-/m1/s1. The number of hydrogen-bond acceptors (Lipinski definition) is 4. The minimum atomic E-state index is -0.207. The fourth-order valence-electron chi connectivity index (χ4n) is 2.18. The van der Waals surface area contributed by atoms with E-state index in [9.17, 15) is 9.59 Å². The number of likely N-dealkylation sites (tertiary alicyclic amines) is 1. The summed E-state index contributed by atoms with van der Waals surface area (Å²) in [5.74, 6) is -0.216. The Hall–Kier alpha value is -1.92. The molecule has 1 fully saturated rings. The molecule has 0 spiro atoms. The molecule has 0 bridgehead atoms. The average Bonchev–Trinajstić information content (AvgIpc) is 2.85. The van der Waals surface area contributed by atoms with Gasteiger partial charge in [-0.3, -0.25) is 14.3 Å². The Morgan fingerprint density at radius 3 is 3.05 bits per heavy atom. The number of rotatable bonds is 4. The first-order valence-corrected chi connectivity index (χ1v) is 6.43. The van der Waals surface area contributed by atoms with Crippen molar-refractivity contribution in [3.8, 4) is 0 Å².